The van der Waals surface area contributed by atoms with Gasteiger partial charge in [0.25, 0.3) is 0 Å². The molecule has 0 N–H and O–H groups in total. The second-order valence-electron chi connectivity index (χ2n) is 3.68. The van der Waals surface area contributed by atoms with Crippen molar-refractivity contribution in [1.29, 1.82) is 0 Å². The maximum Gasteiger partial charge on any atom is 0.416 e. The topological polar surface area (TPSA) is 30.7 Å². The van der Waals surface area contributed by atoms with Crippen molar-refractivity contribution in [2.45, 2.75) is 12.1 Å². The number of nitrogens with zero attached hydrogens (tertiary/aromatic N) is 3. The van der Waals surface area contributed by atoms with Gasteiger partial charge in [0, 0.05) is 12.6 Å². The van der Waals surface area contributed by atoms with E-state index in [2.05, 4.69) is 10.1 Å². The van der Waals surface area contributed by atoms with Gasteiger partial charge < -0.3 is 0 Å². The van der Waals surface area contributed by atoms with E-state index in [1.807, 2.05) is 0 Å². The molecule has 0 spiro atoms. The van der Waals surface area contributed by atoms with Gasteiger partial charge in [0.1, 0.15) is 0 Å². The molecule has 7 heteroatoms. The maximum absolute atomic E-state index is 12.4. The Balaban J connectivity index is 2.37. The lowest BCUT2D eigenvalue weighted by molar-refractivity contribution is -0.137. The average Bonchev–Trinajstić information content (AvgIpc) is 2.70. The molecule has 0 saturated heterocycles. The number of aromatic nitrogens is 3. The highest BCUT2D eigenvalue weighted by Crippen LogP contribution is 2.30. The molecule has 0 unspecified atom stereocenters. The van der Waals surface area contributed by atoms with Gasteiger partial charge in [-0.1, -0.05) is 12.1 Å². The van der Waals surface area contributed by atoms with Gasteiger partial charge in [-0.2, -0.15) is 18.3 Å². The van der Waals surface area contributed by atoms with Crippen LogP contribution >= 0.6 is 11.6 Å². The molecule has 0 radical (unpaired) electrons. The fourth-order valence-corrected chi connectivity index (χ4v) is 1.67. The summed E-state index contributed by atoms with van der Waals surface area (Å²) in [5.41, 5.74) is -0.125. The second kappa shape index (κ2) is 4.61. The van der Waals surface area contributed by atoms with Crippen LogP contribution in [0.25, 0.3) is 11.4 Å². The van der Waals surface area contributed by atoms with E-state index in [0.717, 1.165) is 12.1 Å². The molecular formula is C11H9ClF3N3. The molecule has 3 nitrogen and oxygen atoms in total. The van der Waals surface area contributed by atoms with Gasteiger partial charge >= 0.3 is 6.18 Å². The van der Waals surface area contributed by atoms with E-state index in [1.54, 1.807) is 7.05 Å². The van der Waals surface area contributed by atoms with E-state index in [9.17, 15) is 13.2 Å². The highest BCUT2D eigenvalue weighted by Gasteiger charge is 2.30. The zero-order valence-corrected chi connectivity index (χ0v) is 10.1. The van der Waals surface area contributed by atoms with Crippen molar-refractivity contribution in [3.63, 3.8) is 0 Å². The highest BCUT2D eigenvalue weighted by atomic mass is 35.5. The van der Waals surface area contributed by atoms with E-state index < -0.39 is 11.7 Å². The smallest absolute Gasteiger partial charge is 0.249 e. The quantitative estimate of drug-likeness (QED) is 0.788. The Kier molecular flexibility index (Phi) is 3.30. The molecule has 2 aromatic rings. The van der Waals surface area contributed by atoms with Crippen LogP contribution in [0.5, 0.6) is 0 Å². The Morgan fingerprint density at radius 2 is 1.83 bits per heavy atom. The van der Waals surface area contributed by atoms with E-state index in [1.165, 1.54) is 16.8 Å². The predicted octanol–water partition coefficient (Wildman–Crippen LogP) is 3.24. The number of hydrogen-bond donors (Lipinski definition) is 0. The van der Waals surface area contributed by atoms with Crippen molar-refractivity contribution in [2.75, 3.05) is 0 Å². The third-order valence-electron chi connectivity index (χ3n) is 2.40. The third-order valence-corrected chi connectivity index (χ3v) is 2.64. The molecule has 0 aliphatic heterocycles. The second-order valence-corrected chi connectivity index (χ2v) is 3.95. The van der Waals surface area contributed by atoms with Crippen LogP contribution in [0.4, 0.5) is 13.2 Å². The zero-order valence-electron chi connectivity index (χ0n) is 9.37. The Morgan fingerprint density at radius 1 is 1.22 bits per heavy atom. The molecule has 0 atom stereocenters. The van der Waals surface area contributed by atoms with E-state index in [4.69, 9.17) is 11.6 Å². The van der Waals surface area contributed by atoms with Crippen LogP contribution in [0.3, 0.4) is 0 Å². The van der Waals surface area contributed by atoms with Crippen LogP contribution in [-0.2, 0) is 19.1 Å². The molecule has 1 aromatic heterocycles. The third kappa shape index (κ3) is 2.48. The van der Waals surface area contributed by atoms with E-state index >= 15 is 0 Å². The Hall–Kier alpha value is -1.56. The lowest BCUT2D eigenvalue weighted by Crippen LogP contribution is -2.04. The summed E-state index contributed by atoms with van der Waals surface area (Å²) in [4.78, 5) is 4.13. The van der Waals surface area contributed by atoms with Gasteiger partial charge in [0.15, 0.2) is 11.6 Å². The number of alkyl halides is 4. The van der Waals surface area contributed by atoms with Crippen molar-refractivity contribution in [3.05, 3.63) is 35.7 Å². The summed E-state index contributed by atoms with van der Waals surface area (Å²) in [6.07, 6.45) is -4.33. The molecule has 1 aromatic carbocycles. The fourth-order valence-electron chi connectivity index (χ4n) is 1.55. The number of halogens is 4. The highest BCUT2D eigenvalue weighted by molar-refractivity contribution is 6.16. The summed E-state index contributed by atoms with van der Waals surface area (Å²) in [6.45, 7) is 0. The van der Waals surface area contributed by atoms with Crippen LogP contribution < -0.4 is 0 Å². The molecule has 0 aliphatic carbocycles. The lowest BCUT2D eigenvalue weighted by Gasteiger charge is -2.07. The summed E-state index contributed by atoms with van der Waals surface area (Å²) >= 11 is 5.60. The molecule has 0 amide bonds. The Morgan fingerprint density at radius 3 is 2.28 bits per heavy atom. The van der Waals surface area contributed by atoms with Crippen LogP contribution in [-0.4, -0.2) is 14.8 Å². The van der Waals surface area contributed by atoms with Crippen molar-refractivity contribution in [2.24, 2.45) is 7.05 Å². The first-order chi connectivity index (χ1) is 8.41. The lowest BCUT2D eigenvalue weighted by atomic mass is 10.1. The molecule has 0 aliphatic rings. The minimum atomic E-state index is -4.33. The van der Waals surface area contributed by atoms with E-state index in [0.29, 0.717) is 17.2 Å². The molecule has 0 saturated carbocycles. The van der Waals surface area contributed by atoms with Gasteiger partial charge in [0.2, 0.25) is 0 Å². The Labute approximate surface area is 106 Å². The summed E-state index contributed by atoms with van der Waals surface area (Å²) in [5, 5.41) is 4.03. The molecule has 2 rings (SSSR count). The minimum Gasteiger partial charge on any atom is -0.249 e. The van der Waals surface area contributed by atoms with Crippen molar-refractivity contribution in [3.8, 4) is 11.4 Å². The number of rotatable bonds is 2. The average molecular weight is 276 g/mol. The molecule has 1 heterocycles. The minimum absolute atomic E-state index is 0.161. The van der Waals surface area contributed by atoms with Gasteiger partial charge in [0.05, 0.1) is 11.4 Å². The molecule has 0 bridgehead atoms. The van der Waals surface area contributed by atoms with Crippen LogP contribution in [0.2, 0.25) is 0 Å². The standard InChI is InChI=1S/C11H9ClF3N3/c1-18-10(16-9(6-12)17-18)7-2-4-8(5-3-7)11(13,14)15/h2-5H,6H2,1H3. The van der Waals surface area contributed by atoms with Crippen LogP contribution in [0.15, 0.2) is 24.3 Å². The SMILES string of the molecule is Cn1nc(CCl)nc1-c1ccc(C(F)(F)F)cc1. The first-order valence-electron chi connectivity index (χ1n) is 5.05. The van der Waals surface area contributed by atoms with Crippen molar-refractivity contribution >= 4 is 11.6 Å². The summed E-state index contributed by atoms with van der Waals surface area (Å²) in [7, 11) is 1.66. The number of aryl methyl sites for hydroxylation is 1. The monoisotopic (exact) mass is 275 g/mol. The first-order valence-corrected chi connectivity index (χ1v) is 5.59. The Bertz CT molecular complexity index is 546. The van der Waals surface area contributed by atoms with Gasteiger partial charge in [-0.15, -0.1) is 11.6 Å². The molecule has 0 fully saturated rings. The van der Waals surface area contributed by atoms with Gasteiger partial charge in [-0.25, -0.2) is 9.67 Å². The predicted molar refractivity (Wildman–Crippen MR) is 61.0 cm³/mol. The fraction of sp³-hybridized carbons (Fsp3) is 0.273. The van der Waals surface area contributed by atoms with Gasteiger partial charge in [-0.05, 0) is 12.1 Å². The summed E-state index contributed by atoms with van der Waals surface area (Å²) in [6, 6.07) is 4.77. The number of hydrogen-bond acceptors (Lipinski definition) is 2. The van der Waals surface area contributed by atoms with Crippen molar-refractivity contribution in [1.82, 2.24) is 14.8 Å². The van der Waals surface area contributed by atoms with Crippen LogP contribution in [0, 0.1) is 0 Å². The largest absolute Gasteiger partial charge is 0.416 e. The van der Waals surface area contributed by atoms with Crippen LogP contribution in [0.1, 0.15) is 11.4 Å². The zero-order chi connectivity index (χ0) is 13.3. The summed E-state index contributed by atoms with van der Waals surface area (Å²) in [5.74, 6) is 1.09. The molecule has 96 valence electrons. The normalized spacial score (nSPS) is 11.8. The van der Waals surface area contributed by atoms with Gasteiger partial charge in [-0.3, -0.25) is 0 Å². The first kappa shape index (κ1) is 12.9. The summed E-state index contributed by atoms with van der Waals surface area (Å²) < 4.78 is 38.7. The number of benzene rings is 1. The van der Waals surface area contributed by atoms with E-state index in [-0.39, 0.29) is 5.88 Å². The molecule has 18 heavy (non-hydrogen) atoms. The molecular weight excluding hydrogens is 267 g/mol. The van der Waals surface area contributed by atoms with Crippen molar-refractivity contribution < 1.29 is 13.2 Å². The maximum atomic E-state index is 12.4.